The predicted molar refractivity (Wildman–Crippen MR) is 194 cm³/mol. The molecule has 0 saturated carbocycles. The van der Waals surface area contributed by atoms with E-state index < -0.39 is 101 Å². The number of hydrogen-bond acceptors (Lipinski definition) is 25. The molecule has 2 saturated heterocycles. The Labute approximate surface area is 337 Å². The van der Waals surface area contributed by atoms with Gasteiger partial charge < -0.3 is 70.4 Å². The van der Waals surface area contributed by atoms with Crippen LogP contribution in [0, 0.1) is 0 Å². The minimum atomic E-state index is -6.46. The van der Waals surface area contributed by atoms with E-state index in [1.807, 2.05) is 0 Å². The SMILES string of the molecule is Nc1ncnc2cc3c(cc12)ncn3[C@@H]1O[C@H](COP(=O)(O)OP(=O)(O)OP(=O)(O)OP(=O)(O)OP(=O)(O)OC[C@H]2O[C@@H](n3cnc4c(N)ncnc43)[C@H](O)[C@@H]2O)[C@@H](O)[C@H]1O. The number of aliphatic hydroxyl groups is 4. The zero-order chi connectivity index (χ0) is 44.4. The van der Waals surface area contributed by atoms with Gasteiger partial charge in [-0.2, -0.15) is 17.2 Å². The van der Waals surface area contributed by atoms with Gasteiger partial charge in [-0.1, -0.05) is 0 Å². The van der Waals surface area contributed by atoms with Crippen LogP contribution in [-0.4, -0.2) is 134 Å². The van der Waals surface area contributed by atoms with Gasteiger partial charge in [0.25, 0.3) is 0 Å². The van der Waals surface area contributed by atoms with Gasteiger partial charge in [0.2, 0.25) is 0 Å². The Balaban J connectivity index is 0.912. The number of aromatic nitrogens is 8. The van der Waals surface area contributed by atoms with Crippen LogP contribution in [0.5, 0.6) is 0 Å². The Morgan fingerprint density at radius 1 is 0.574 bits per heavy atom. The summed E-state index contributed by atoms with van der Waals surface area (Å²) in [5.41, 5.74) is 12.8. The van der Waals surface area contributed by atoms with Crippen molar-refractivity contribution < 1.29 is 103 Å². The molecule has 13 N–H and O–H groups in total. The Bertz CT molecular complexity index is 2730. The van der Waals surface area contributed by atoms with Gasteiger partial charge in [-0.25, -0.2) is 52.7 Å². The summed E-state index contributed by atoms with van der Waals surface area (Å²) in [6.45, 7) is -2.33. The van der Waals surface area contributed by atoms with Crippen LogP contribution in [0.25, 0.3) is 33.1 Å². The molecule has 6 heterocycles. The number of phosphoric acid groups is 5. The summed E-state index contributed by atoms with van der Waals surface area (Å²) in [6.07, 6.45) is -8.72. The van der Waals surface area contributed by atoms with Crippen molar-refractivity contribution in [3.8, 4) is 0 Å². The minimum absolute atomic E-state index is 0.0385. The van der Waals surface area contributed by atoms with Crippen molar-refractivity contribution in [1.82, 2.24) is 39.0 Å². The van der Waals surface area contributed by atoms with E-state index in [0.717, 1.165) is 17.2 Å². The number of imidazole rings is 2. The summed E-state index contributed by atoms with van der Waals surface area (Å²) in [6, 6.07) is 3.08. The van der Waals surface area contributed by atoms with Gasteiger partial charge in [0.05, 0.1) is 42.4 Å². The number of rotatable bonds is 16. The highest BCUT2D eigenvalue weighted by Gasteiger charge is 2.51. The Morgan fingerprint density at radius 2 is 1.05 bits per heavy atom. The van der Waals surface area contributed by atoms with Crippen LogP contribution in [0.3, 0.4) is 0 Å². The standard InChI is InChI=1S/C24H31N10O22P5/c25-20-9-1-11-12(2-10(9)27-5-28-20)33(7-31-11)23-18(37)16(35)13(51-23)3-49-57(39,40)53-59(43,44)55-61(47,48)56-60(45,46)54-58(41,42)50-4-14-17(36)19(38)24(52-14)34-8-32-15-21(26)29-6-30-22(15)34/h1-2,5-8,13-14,16-19,23-24,35-38H,3-4H2,(H,39,40)(H,41,42)(H,43,44)(H,45,46)(H,47,48)(H2,25,27,28)(H2,26,29,30)/t13-,14-,16-,17-,18-,19-,23-,24-/m1/s1. The second-order valence-corrected chi connectivity index (χ2v) is 20.5. The van der Waals surface area contributed by atoms with Crippen LogP contribution in [0.2, 0.25) is 0 Å². The fourth-order valence-corrected chi connectivity index (χ4v) is 12.4. The molecule has 2 fully saturated rings. The zero-order valence-electron chi connectivity index (χ0n) is 29.8. The summed E-state index contributed by atoms with van der Waals surface area (Å²) in [5, 5.41) is 42.7. The van der Waals surface area contributed by atoms with Gasteiger partial charge in [0.1, 0.15) is 60.6 Å². The van der Waals surface area contributed by atoms with Crippen molar-refractivity contribution in [2.24, 2.45) is 0 Å². The molecule has 5 aromatic rings. The number of fused-ring (bicyclic) bond motifs is 3. The number of hydrogen-bond donors (Lipinski definition) is 11. The van der Waals surface area contributed by atoms with Gasteiger partial charge in [-0.3, -0.25) is 13.6 Å². The number of aliphatic hydroxyl groups excluding tert-OH is 4. The van der Waals surface area contributed by atoms with Crippen LogP contribution in [0.1, 0.15) is 12.5 Å². The third kappa shape index (κ3) is 9.91. The molecule has 4 aromatic heterocycles. The van der Waals surface area contributed by atoms with Crippen molar-refractivity contribution in [2.45, 2.75) is 49.1 Å². The monoisotopic (exact) mass is 966 g/mol. The summed E-state index contributed by atoms with van der Waals surface area (Å²) < 4.78 is 99.8. The maximum absolute atomic E-state index is 12.5. The molecular weight excluding hydrogens is 935 g/mol. The number of nitrogens with zero attached hydrogens (tertiary/aromatic N) is 8. The van der Waals surface area contributed by atoms with E-state index in [-0.39, 0.29) is 22.8 Å². The first-order valence-corrected chi connectivity index (χ1v) is 23.9. The average molecular weight is 966 g/mol. The molecule has 0 spiro atoms. The summed E-state index contributed by atoms with van der Waals surface area (Å²) >= 11 is 0. The number of anilines is 2. The molecule has 61 heavy (non-hydrogen) atoms. The van der Waals surface area contributed by atoms with E-state index in [1.165, 1.54) is 23.3 Å². The van der Waals surface area contributed by atoms with Gasteiger partial charge >= 0.3 is 39.1 Å². The van der Waals surface area contributed by atoms with E-state index in [1.54, 1.807) is 6.07 Å². The molecule has 37 heteroatoms. The lowest BCUT2D eigenvalue weighted by atomic mass is 10.1. The Hall–Kier alpha value is -3.35. The third-order valence-corrected chi connectivity index (χ3v) is 16.2. The molecule has 5 unspecified atom stereocenters. The topological polar surface area (TPSA) is 481 Å². The molecule has 32 nitrogen and oxygen atoms in total. The normalized spacial score (nSPS) is 29.6. The zero-order valence-corrected chi connectivity index (χ0v) is 34.3. The molecule has 7 rings (SSSR count). The molecule has 0 bridgehead atoms. The molecule has 2 aliphatic heterocycles. The van der Waals surface area contributed by atoms with E-state index in [4.69, 9.17) is 20.9 Å². The van der Waals surface area contributed by atoms with E-state index in [2.05, 4.69) is 56.2 Å². The molecule has 0 amide bonds. The number of nitrogen functional groups attached to an aromatic ring is 2. The second-order valence-electron chi connectivity index (χ2n) is 12.7. The van der Waals surface area contributed by atoms with E-state index >= 15 is 0 Å². The minimum Gasteiger partial charge on any atom is -0.387 e. The molecule has 0 radical (unpaired) electrons. The number of phosphoric ester groups is 2. The number of benzene rings is 1. The lowest BCUT2D eigenvalue weighted by Gasteiger charge is -2.21. The van der Waals surface area contributed by atoms with Crippen LogP contribution in [0.4, 0.5) is 11.6 Å². The van der Waals surface area contributed by atoms with Gasteiger partial charge in [-0.15, -0.1) is 0 Å². The first kappa shape index (κ1) is 45.7. The second kappa shape index (κ2) is 16.6. The molecule has 1 aromatic carbocycles. The van der Waals surface area contributed by atoms with Crippen LogP contribution in [0.15, 0.2) is 37.4 Å². The Morgan fingerprint density at radius 3 is 1.61 bits per heavy atom. The molecular formula is C24H31N10O22P5. The lowest BCUT2D eigenvalue weighted by Crippen LogP contribution is -2.33. The van der Waals surface area contributed by atoms with E-state index in [9.17, 15) is 67.7 Å². The summed E-state index contributed by atoms with van der Waals surface area (Å²) in [5.74, 6) is 0.122. The fraction of sp³-hybridized carbons (Fsp3) is 0.417. The van der Waals surface area contributed by atoms with Crippen LogP contribution < -0.4 is 11.5 Å². The highest BCUT2D eigenvalue weighted by atomic mass is 31.3. The summed E-state index contributed by atoms with van der Waals surface area (Å²) in [4.78, 5) is 73.5. The van der Waals surface area contributed by atoms with Crippen LogP contribution >= 0.6 is 39.1 Å². The smallest absolute Gasteiger partial charge is 0.387 e. The molecule has 0 aliphatic carbocycles. The van der Waals surface area contributed by atoms with Crippen molar-refractivity contribution in [1.29, 1.82) is 0 Å². The van der Waals surface area contributed by atoms with Gasteiger partial charge in [0, 0.05) is 5.39 Å². The maximum Gasteiger partial charge on any atom is 0.490 e. The highest BCUT2D eigenvalue weighted by Crippen LogP contribution is 2.73. The Kier molecular flexibility index (Phi) is 12.5. The fourth-order valence-electron chi connectivity index (χ4n) is 6.00. The third-order valence-electron chi connectivity index (χ3n) is 8.60. The van der Waals surface area contributed by atoms with Crippen LogP contribution in [-0.2, 0) is 58.6 Å². The maximum atomic E-state index is 12.5. The average Bonchev–Trinajstić information content (AvgIpc) is 3.89. The lowest BCUT2D eigenvalue weighted by molar-refractivity contribution is -0.0503. The van der Waals surface area contributed by atoms with Crippen molar-refractivity contribution >= 4 is 83.8 Å². The highest BCUT2D eigenvalue weighted by molar-refractivity contribution is 7.71. The first-order valence-electron chi connectivity index (χ1n) is 16.5. The quantitative estimate of drug-likeness (QED) is 0.0519. The van der Waals surface area contributed by atoms with Crippen molar-refractivity contribution in [3.05, 3.63) is 37.4 Å². The van der Waals surface area contributed by atoms with Crippen molar-refractivity contribution in [2.75, 3.05) is 24.7 Å². The predicted octanol–water partition coefficient (Wildman–Crippen LogP) is -1.18. The van der Waals surface area contributed by atoms with E-state index in [0.29, 0.717) is 21.9 Å². The molecule has 334 valence electrons. The van der Waals surface area contributed by atoms with Gasteiger partial charge in [0.15, 0.2) is 23.9 Å². The number of ether oxygens (including phenoxy) is 2. The summed E-state index contributed by atoms with van der Waals surface area (Å²) in [7, 11) is -30.9. The molecule has 13 atom stereocenters. The molecule has 2 aliphatic rings. The number of nitrogens with two attached hydrogens (primary N) is 2. The largest absolute Gasteiger partial charge is 0.490 e. The van der Waals surface area contributed by atoms with Crippen molar-refractivity contribution in [3.63, 3.8) is 0 Å². The first-order chi connectivity index (χ1) is 28.3. The van der Waals surface area contributed by atoms with Gasteiger partial charge in [-0.05, 0) is 12.1 Å².